The number of carbonyl (C=O) groups excluding carboxylic acids is 1. The first-order chi connectivity index (χ1) is 11.6. The number of hydrogen-bond donors (Lipinski definition) is 1. The minimum absolute atomic E-state index is 0.102. The highest BCUT2D eigenvalue weighted by atomic mass is 16.5. The molecule has 1 amide bonds. The van der Waals surface area contributed by atoms with Crippen LogP contribution in [0, 0.1) is 0 Å². The predicted molar refractivity (Wildman–Crippen MR) is 95.6 cm³/mol. The maximum absolute atomic E-state index is 12.2. The Morgan fingerprint density at radius 3 is 2.50 bits per heavy atom. The first-order valence-corrected chi connectivity index (χ1v) is 8.29. The van der Waals surface area contributed by atoms with E-state index in [2.05, 4.69) is 12.2 Å². The second-order valence-corrected chi connectivity index (χ2v) is 5.61. The number of benzene rings is 2. The molecule has 0 spiro atoms. The Kier molecular flexibility index (Phi) is 6.67. The van der Waals surface area contributed by atoms with Gasteiger partial charge < -0.3 is 14.8 Å². The van der Waals surface area contributed by atoms with Gasteiger partial charge in [-0.15, -0.1) is 0 Å². The molecule has 0 aliphatic rings. The molecule has 0 bridgehead atoms. The van der Waals surface area contributed by atoms with Crippen molar-refractivity contribution in [3.05, 3.63) is 59.7 Å². The average molecular weight is 327 g/mol. The molecule has 0 radical (unpaired) electrons. The highest BCUT2D eigenvalue weighted by Gasteiger charge is 2.15. The molecule has 0 aliphatic heterocycles. The van der Waals surface area contributed by atoms with Crippen LogP contribution in [-0.2, 0) is 17.6 Å². The van der Waals surface area contributed by atoms with Crippen LogP contribution in [0.4, 0.5) is 0 Å². The van der Waals surface area contributed by atoms with Crippen molar-refractivity contribution in [2.24, 2.45) is 0 Å². The standard InChI is InChI=1S/C20H25NO3/c1-4-17-7-5-6-8-19(17)24-15(2)20(22)21-14-13-16-9-11-18(23-3)12-10-16/h5-12,15H,4,13-14H2,1-3H3,(H,21,22). The summed E-state index contributed by atoms with van der Waals surface area (Å²) in [5.41, 5.74) is 2.26. The maximum atomic E-state index is 12.2. The third kappa shape index (κ3) is 5.01. The van der Waals surface area contributed by atoms with Crippen molar-refractivity contribution in [2.45, 2.75) is 32.8 Å². The van der Waals surface area contributed by atoms with Gasteiger partial charge in [0.15, 0.2) is 6.10 Å². The van der Waals surface area contributed by atoms with E-state index in [0.29, 0.717) is 6.54 Å². The molecule has 1 unspecified atom stereocenters. The van der Waals surface area contributed by atoms with Crippen LogP contribution >= 0.6 is 0 Å². The molecule has 24 heavy (non-hydrogen) atoms. The minimum Gasteiger partial charge on any atom is -0.497 e. The average Bonchev–Trinajstić information content (AvgIpc) is 2.62. The molecule has 128 valence electrons. The molecular weight excluding hydrogens is 302 g/mol. The van der Waals surface area contributed by atoms with E-state index in [1.54, 1.807) is 14.0 Å². The van der Waals surface area contributed by atoms with Gasteiger partial charge in [-0.2, -0.15) is 0 Å². The Bertz CT molecular complexity index is 652. The minimum atomic E-state index is -0.520. The second kappa shape index (κ2) is 8.96. The number of methoxy groups -OCH3 is 1. The van der Waals surface area contributed by atoms with Crippen molar-refractivity contribution in [3.8, 4) is 11.5 Å². The van der Waals surface area contributed by atoms with Gasteiger partial charge in [-0.1, -0.05) is 37.3 Å². The summed E-state index contributed by atoms with van der Waals surface area (Å²) < 4.78 is 10.9. The van der Waals surface area contributed by atoms with E-state index in [4.69, 9.17) is 9.47 Å². The van der Waals surface area contributed by atoms with Crippen molar-refractivity contribution in [1.29, 1.82) is 0 Å². The third-order valence-corrected chi connectivity index (χ3v) is 3.90. The Balaban J connectivity index is 1.80. The van der Waals surface area contributed by atoms with Crippen LogP contribution < -0.4 is 14.8 Å². The number of amides is 1. The number of hydrogen-bond acceptors (Lipinski definition) is 3. The summed E-state index contributed by atoms with van der Waals surface area (Å²) in [6.45, 7) is 4.42. The van der Waals surface area contributed by atoms with Gasteiger partial charge in [-0.3, -0.25) is 4.79 Å². The van der Waals surface area contributed by atoms with E-state index in [9.17, 15) is 4.79 Å². The van der Waals surface area contributed by atoms with Crippen molar-refractivity contribution < 1.29 is 14.3 Å². The number of para-hydroxylation sites is 1. The van der Waals surface area contributed by atoms with E-state index in [0.717, 1.165) is 35.5 Å². The fourth-order valence-electron chi connectivity index (χ4n) is 2.42. The first kappa shape index (κ1) is 17.9. The van der Waals surface area contributed by atoms with E-state index in [1.807, 2.05) is 48.5 Å². The SMILES string of the molecule is CCc1ccccc1OC(C)C(=O)NCCc1ccc(OC)cc1. The van der Waals surface area contributed by atoms with Crippen LogP contribution in [0.3, 0.4) is 0 Å². The molecule has 0 fully saturated rings. The van der Waals surface area contributed by atoms with Gasteiger partial charge in [0.25, 0.3) is 5.91 Å². The van der Waals surface area contributed by atoms with Crippen LogP contribution in [0.5, 0.6) is 11.5 Å². The molecule has 0 aliphatic carbocycles. The number of aryl methyl sites for hydroxylation is 1. The summed E-state index contributed by atoms with van der Waals surface area (Å²) in [5.74, 6) is 1.51. The number of nitrogens with one attached hydrogen (secondary N) is 1. The quantitative estimate of drug-likeness (QED) is 0.808. The largest absolute Gasteiger partial charge is 0.497 e. The molecule has 0 aromatic heterocycles. The number of rotatable bonds is 8. The molecule has 2 aromatic rings. The maximum Gasteiger partial charge on any atom is 0.260 e. The van der Waals surface area contributed by atoms with E-state index >= 15 is 0 Å². The summed E-state index contributed by atoms with van der Waals surface area (Å²) >= 11 is 0. The van der Waals surface area contributed by atoms with Crippen molar-refractivity contribution in [1.82, 2.24) is 5.32 Å². The second-order valence-electron chi connectivity index (χ2n) is 5.61. The van der Waals surface area contributed by atoms with Crippen LogP contribution in [0.15, 0.2) is 48.5 Å². The summed E-state index contributed by atoms with van der Waals surface area (Å²) in [5, 5.41) is 2.92. The highest BCUT2D eigenvalue weighted by Crippen LogP contribution is 2.19. The monoisotopic (exact) mass is 327 g/mol. The van der Waals surface area contributed by atoms with Gasteiger partial charge >= 0.3 is 0 Å². The van der Waals surface area contributed by atoms with Crippen LogP contribution in [0.2, 0.25) is 0 Å². The molecule has 0 heterocycles. The molecule has 1 atom stereocenters. The normalized spacial score (nSPS) is 11.6. The summed E-state index contributed by atoms with van der Waals surface area (Å²) in [6.07, 6.45) is 1.13. The van der Waals surface area contributed by atoms with Gasteiger partial charge in [0.1, 0.15) is 11.5 Å². The summed E-state index contributed by atoms with van der Waals surface area (Å²) in [7, 11) is 1.65. The summed E-state index contributed by atoms with van der Waals surface area (Å²) in [4.78, 5) is 12.2. The smallest absolute Gasteiger partial charge is 0.260 e. The van der Waals surface area contributed by atoms with Crippen LogP contribution in [0.1, 0.15) is 25.0 Å². The summed E-state index contributed by atoms with van der Waals surface area (Å²) in [6, 6.07) is 15.7. The number of carbonyl (C=O) groups is 1. The van der Waals surface area contributed by atoms with Crippen LogP contribution in [-0.4, -0.2) is 25.7 Å². The molecule has 2 rings (SSSR count). The van der Waals surface area contributed by atoms with Gasteiger partial charge in [0.05, 0.1) is 7.11 Å². The van der Waals surface area contributed by atoms with Gasteiger partial charge in [0.2, 0.25) is 0 Å². The molecular formula is C20H25NO3. The lowest BCUT2D eigenvalue weighted by atomic mass is 10.1. The lowest BCUT2D eigenvalue weighted by Gasteiger charge is -2.17. The van der Waals surface area contributed by atoms with Crippen molar-refractivity contribution in [2.75, 3.05) is 13.7 Å². The fourth-order valence-corrected chi connectivity index (χ4v) is 2.42. The number of ether oxygens (including phenoxy) is 2. The molecule has 1 N–H and O–H groups in total. The highest BCUT2D eigenvalue weighted by molar-refractivity contribution is 5.80. The Hall–Kier alpha value is -2.49. The van der Waals surface area contributed by atoms with Crippen molar-refractivity contribution in [3.63, 3.8) is 0 Å². The Morgan fingerprint density at radius 2 is 1.83 bits per heavy atom. The Morgan fingerprint density at radius 1 is 1.12 bits per heavy atom. The fraction of sp³-hybridized carbons (Fsp3) is 0.350. The predicted octanol–water partition coefficient (Wildman–Crippen LogP) is 3.38. The first-order valence-electron chi connectivity index (χ1n) is 8.29. The molecule has 2 aromatic carbocycles. The van der Waals surface area contributed by atoms with Gasteiger partial charge in [-0.05, 0) is 49.1 Å². The van der Waals surface area contributed by atoms with Crippen molar-refractivity contribution >= 4 is 5.91 Å². The van der Waals surface area contributed by atoms with E-state index in [1.165, 1.54) is 0 Å². The lowest BCUT2D eigenvalue weighted by Crippen LogP contribution is -2.37. The van der Waals surface area contributed by atoms with E-state index < -0.39 is 6.10 Å². The zero-order valence-electron chi connectivity index (χ0n) is 14.5. The topological polar surface area (TPSA) is 47.6 Å². The third-order valence-electron chi connectivity index (χ3n) is 3.90. The van der Waals surface area contributed by atoms with E-state index in [-0.39, 0.29) is 5.91 Å². The zero-order chi connectivity index (χ0) is 17.4. The van der Waals surface area contributed by atoms with Gasteiger partial charge in [0, 0.05) is 6.54 Å². The van der Waals surface area contributed by atoms with Crippen LogP contribution in [0.25, 0.3) is 0 Å². The van der Waals surface area contributed by atoms with Gasteiger partial charge in [-0.25, -0.2) is 0 Å². The lowest BCUT2D eigenvalue weighted by molar-refractivity contribution is -0.127. The molecule has 4 heteroatoms. The molecule has 4 nitrogen and oxygen atoms in total. The Labute approximate surface area is 143 Å². The molecule has 0 saturated carbocycles. The zero-order valence-corrected chi connectivity index (χ0v) is 14.5. The molecule has 0 saturated heterocycles.